The SMILES string of the molecule is Cc1cc(C(=O)O)cnc1CCl.Cl. The Kier molecular flexibility index (Phi) is 4.73. The molecule has 72 valence electrons. The third-order valence-electron chi connectivity index (χ3n) is 1.56. The van der Waals surface area contributed by atoms with E-state index in [1.165, 1.54) is 6.20 Å². The Labute approximate surface area is 87.2 Å². The lowest BCUT2D eigenvalue weighted by molar-refractivity contribution is 0.0696. The van der Waals surface area contributed by atoms with E-state index in [0.717, 1.165) is 11.3 Å². The minimum Gasteiger partial charge on any atom is -0.478 e. The molecular formula is C8H9Cl2NO2. The first-order valence-corrected chi connectivity index (χ1v) is 3.93. The van der Waals surface area contributed by atoms with Crippen LogP contribution in [0.3, 0.4) is 0 Å². The van der Waals surface area contributed by atoms with Gasteiger partial charge >= 0.3 is 5.97 Å². The Balaban J connectivity index is 0.00000144. The maximum atomic E-state index is 10.5. The van der Waals surface area contributed by atoms with Crippen LogP contribution in [0.4, 0.5) is 0 Å². The summed E-state index contributed by atoms with van der Waals surface area (Å²) in [4.78, 5) is 14.4. The van der Waals surface area contributed by atoms with Gasteiger partial charge in [-0.25, -0.2) is 4.79 Å². The Morgan fingerprint density at radius 2 is 2.31 bits per heavy atom. The van der Waals surface area contributed by atoms with E-state index >= 15 is 0 Å². The maximum Gasteiger partial charge on any atom is 0.337 e. The van der Waals surface area contributed by atoms with Gasteiger partial charge in [0.05, 0.1) is 17.1 Å². The first-order valence-electron chi connectivity index (χ1n) is 3.40. The number of aromatic carboxylic acids is 1. The molecule has 0 aliphatic carbocycles. The van der Waals surface area contributed by atoms with E-state index in [4.69, 9.17) is 16.7 Å². The zero-order chi connectivity index (χ0) is 9.14. The van der Waals surface area contributed by atoms with Crippen LogP contribution >= 0.6 is 24.0 Å². The average molecular weight is 222 g/mol. The fourth-order valence-corrected chi connectivity index (χ4v) is 1.14. The van der Waals surface area contributed by atoms with Gasteiger partial charge in [-0.3, -0.25) is 4.98 Å². The Hall–Kier alpha value is -0.800. The number of carboxylic acid groups (broad SMARTS) is 1. The predicted octanol–water partition coefficient (Wildman–Crippen LogP) is 2.25. The summed E-state index contributed by atoms with van der Waals surface area (Å²) in [5, 5.41) is 8.60. The predicted molar refractivity (Wildman–Crippen MR) is 52.7 cm³/mol. The lowest BCUT2D eigenvalue weighted by Gasteiger charge is -2.00. The highest BCUT2D eigenvalue weighted by Crippen LogP contribution is 2.09. The first-order chi connectivity index (χ1) is 5.65. The summed E-state index contributed by atoms with van der Waals surface area (Å²) in [6.07, 6.45) is 1.31. The monoisotopic (exact) mass is 221 g/mol. The second kappa shape index (κ2) is 5.04. The van der Waals surface area contributed by atoms with Crippen molar-refractivity contribution in [2.75, 3.05) is 0 Å². The largest absolute Gasteiger partial charge is 0.478 e. The quantitative estimate of drug-likeness (QED) is 0.780. The number of rotatable bonds is 2. The van der Waals surface area contributed by atoms with Gasteiger partial charge in [-0.05, 0) is 18.6 Å². The molecule has 0 saturated carbocycles. The van der Waals surface area contributed by atoms with Crippen LogP contribution in [0, 0.1) is 6.92 Å². The minimum absolute atomic E-state index is 0. The van der Waals surface area contributed by atoms with Gasteiger partial charge in [-0.2, -0.15) is 0 Å². The molecule has 0 fully saturated rings. The highest BCUT2D eigenvalue weighted by Gasteiger charge is 2.05. The standard InChI is InChI=1S/C8H8ClNO2.ClH/c1-5-2-6(8(11)12)4-10-7(5)3-9;/h2,4H,3H2,1H3,(H,11,12);1H. The molecule has 0 saturated heterocycles. The molecule has 1 aromatic rings. The number of aryl methyl sites for hydroxylation is 1. The Morgan fingerprint density at radius 1 is 1.69 bits per heavy atom. The van der Waals surface area contributed by atoms with Crippen molar-refractivity contribution in [2.45, 2.75) is 12.8 Å². The van der Waals surface area contributed by atoms with Gasteiger partial charge in [0.1, 0.15) is 0 Å². The van der Waals surface area contributed by atoms with Gasteiger partial charge in [-0.1, -0.05) is 0 Å². The lowest BCUT2D eigenvalue weighted by atomic mass is 10.2. The van der Waals surface area contributed by atoms with E-state index < -0.39 is 5.97 Å². The third kappa shape index (κ3) is 2.86. The van der Waals surface area contributed by atoms with Crippen molar-refractivity contribution in [1.82, 2.24) is 4.98 Å². The van der Waals surface area contributed by atoms with Crippen molar-refractivity contribution >= 4 is 30.0 Å². The molecule has 5 heteroatoms. The van der Waals surface area contributed by atoms with Crippen LogP contribution in [-0.4, -0.2) is 16.1 Å². The number of carboxylic acids is 1. The molecular weight excluding hydrogens is 213 g/mol. The summed E-state index contributed by atoms with van der Waals surface area (Å²) >= 11 is 5.55. The molecule has 0 unspecified atom stereocenters. The molecule has 1 aromatic heterocycles. The number of halogens is 2. The molecule has 1 rings (SSSR count). The summed E-state index contributed by atoms with van der Waals surface area (Å²) in [5.74, 6) is -0.655. The molecule has 1 heterocycles. The van der Waals surface area contributed by atoms with Crippen molar-refractivity contribution < 1.29 is 9.90 Å². The molecule has 0 amide bonds. The maximum absolute atomic E-state index is 10.5. The molecule has 0 aliphatic heterocycles. The normalized spacial score (nSPS) is 9.08. The highest BCUT2D eigenvalue weighted by molar-refractivity contribution is 6.17. The number of carbonyl (C=O) groups is 1. The molecule has 0 aromatic carbocycles. The van der Waals surface area contributed by atoms with Gasteiger partial charge in [0, 0.05) is 6.20 Å². The van der Waals surface area contributed by atoms with Gasteiger partial charge < -0.3 is 5.11 Å². The second-order valence-corrected chi connectivity index (χ2v) is 2.69. The van der Waals surface area contributed by atoms with Crippen LogP contribution in [-0.2, 0) is 5.88 Å². The third-order valence-corrected chi connectivity index (χ3v) is 1.81. The minimum atomic E-state index is -0.966. The molecule has 0 radical (unpaired) electrons. The van der Waals surface area contributed by atoms with Crippen LogP contribution < -0.4 is 0 Å². The molecule has 0 bridgehead atoms. The van der Waals surface area contributed by atoms with Crippen LogP contribution in [0.2, 0.25) is 0 Å². The number of alkyl halides is 1. The summed E-state index contributed by atoms with van der Waals surface area (Å²) in [7, 11) is 0. The van der Waals surface area contributed by atoms with E-state index in [-0.39, 0.29) is 18.0 Å². The van der Waals surface area contributed by atoms with E-state index in [1.54, 1.807) is 13.0 Å². The topological polar surface area (TPSA) is 50.2 Å². The second-order valence-electron chi connectivity index (χ2n) is 2.43. The number of pyridine rings is 1. The van der Waals surface area contributed by atoms with Gasteiger partial charge in [-0.15, -0.1) is 24.0 Å². The van der Waals surface area contributed by atoms with E-state index in [1.807, 2.05) is 0 Å². The number of hydrogen-bond acceptors (Lipinski definition) is 2. The van der Waals surface area contributed by atoms with Crippen molar-refractivity contribution in [3.05, 3.63) is 29.1 Å². The highest BCUT2D eigenvalue weighted by atomic mass is 35.5. The van der Waals surface area contributed by atoms with Crippen LogP contribution in [0.25, 0.3) is 0 Å². The van der Waals surface area contributed by atoms with E-state index in [0.29, 0.717) is 5.88 Å². The van der Waals surface area contributed by atoms with Crippen LogP contribution in [0.5, 0.6) is 0 Å². The molecule has 0 spiro atoms. The van der Waals surface area contributed by atoms with Gasteiger partial charge in [0.2, 0.25) is 0 Å². The number of aromatic nitrogens is 1. The van der Waals surface area contributed by atoms with Gasteiger partial charge in [0.25, 0.3) is 0 Å². The Bertz CT molecular complexity index is 315. The zero-order valence-electron chi connectivity index (χ0n) is 6.95. The fourth-order valence-electron chi connectivity index (χ4n) is 0.860. The number of hydrogen-bond donors (Lipinski definition) is 1. The lowest BCUT2D eigenvalue weighted by Crippen LogP contribution is -2.00. The first kappa shape index (κ1) is 12.2. The zero-order valence-corrected chi connectivity index (χ0v) is 8.52. The van der Waals surface area contributed by atoms with Crippen LogP contribution in [0.15, 0.2) is 12.3 Å². The van der Waals surface area contributed by atoms with Gasteiger partial charge in [0.15, 0.2) is 0 Å². The summed E-state index contributed by atoms with van der Waals surface area (Å²) in [5.41, 5.74) is 1.73. The average Bonchev–Trinajstić information content (AvgIpc) is 2.04. The van der Waals surface area contributed by atoms with E-state index in [2.05, 4.69) is 4.98 Å². The molecule has 3 nitrogen and oxygen atoms in total. The smallest absolute Gasteiger partial charge is 0.337 e. The molecule has 0 atom stereocenters. The summed E-state index contributed by atoms with van der Waals surface area (Å²) in [6, 6.07) is 1.56. The van der Waals surface area contributed by atoms with Crippen molar-refractivity contribution in [3.63, 3.8) is 0 Å². The van der Waals surface area contributed by atoms with Crippen molar-refractivity contribution in [1.29, 1.82) is 0 Å². The Morgan fingerprint density at radius 3 is 2.69 bits per heavy atom. The molecule has 1 N–H and O–H groups in total. The fraction of sp³-hybridized carbons (Fsp3) is 0.250. The van der Waals surface area contributed by atoms with Crippen molar-refractivity contribution in [2.24, 2.45) is 0 Å². The van der Waals surface area contributed by atoms with E-state index in [9.17, 15) is 4.79 Å². The molecule has 0 aliphatic rings. The number of nitrogens with zero attached hydrogens (tertiary/aromatic N) is 1. The molecule has 13 heavy (non-hydrogen) atoms. The van der Waals surface area contributed by atoms with Crippen LogP contribution in [0.1, 0.15) is 21.6 Å². The van der Waals surface area contributed by atoms with Crippen molar-refractivity contribution in [3.8, 4) is 0 Å². The summed E-state index contributed by atoms with van der Waals surface area (Å²) < 4.78 is 0. The summed E-state index contributed by atoms with van der Waals surface area (Å²) in [6.45, 7) is 1.79.